The number of rotatable bonds is 1. The molecule has 0 aromatic rings. The molecule has 0 saturated carbocycles. The Balaban J connectivity index is 2.43. The molecule has 0 unspecified atom stereocenters. The standard InChI is InChI=1S/C9H19NO/c1-3-10-6-4-5-9(11)7-8(10)2/h8-9,11H,3-7H2,1-2H3/t8-,9+/m1/s1. The SMILES string of the molecule is CCN1CCC[C@H](O)C[C@H]1C. The third-order valence-electron chi connectivity index (χ3n) is 2.63. The minimum atomic E-state index is -0.0541. The van der Waals surface area contributed by atoms with E-state index in [0.717, 1.165) is 32.4 Å². The maximum Gasteiger partial charge on any atom is 0.0555 e. The quantitative estimate of drug-likeness (QED) is 0.619. The molecule has 2 nitrogen and oxygen atoms in total. The average Bonchev–Trinajstić information content (AvgIpc) is 2.11. The fourth-order valence-electron chi connectivity index (χ4n) is 1.88. The first-order chi connectivity index (χ1) is 5.24. The molecule has 0 bridgehead atoms. The van der Waals surface area contributed by atoms with Gasteiger partial charge in [0.25, 0.3) is 0 Å². The summed E-state index contributed by atoms with van der Waals surface area (Å²) in [5.74, 6) is 0. The number of aliphatic hydroxyl groups excluding tert-OH is 1. The summed E-state index contributed by atoms with van der Waals surface area (Å²) in [6.45, 7) is 6.68. The lowest BCUT2D eigenvalue weighted by Crippen LogP contribution is -2.33. The number of nitrogens with zero attached hydrogens (tertiary/aromatic N) is 1. The summed E-state index contributed by atoms with van der Waals surface area (Å²) in [6.07, 6.45) is 3.04. The summed E-state index contributed by atoms with van der Waals surface area (Å²) >= 11 is 0. The van der Waals surface area contributed by atoms with Crippen LogP contribution in [0.3, 0.4) is 0 Å². The third kappa shape index (κ3) is 2.46. The van der Waals surface area contributed by atoms with Crippen LogP contribution in [0.4, 0.5) is 0 Å². The second kappa shape index (κ2) is 4.07. The smallest absolute Gasteiger partial charge is 0.0555 e. The van der Waals surface area contributed by atoms with Crippen molar-refractivity contribution in [3.8, 4) is 0 Å². The van der Waals surface area contributed by atoms with E-state index >= 15 is 0 Å². The Morgan fingerprint density at radius 1 is 1.55 bits per heavy atom. The second-order valence-corrected chi connectivity index (χ2v) is 3.51. The minimum Gasteiger partial charge on any atom is -0.393 e. The predicted octanol–water partition coefficient (Wildman–Crippen LogP) is 1.24. The summed E-state index contributed by atoms with van der Waals surface area (Å²) < 4.78 is 0. The highest BCUT2D eigenvalue weighted by Gasteiger charge is 2.19. The lowest BCUT2D eigenvalue weighted by atomic mass is 10.1. The molecule has 1 rings (SSSR count). The zero-order valence-corrected chi connectivity index (χ0v) is 7.58. The topological polar surface area (TPSA) is 23.5 Å². The first-order valence-corrected chi connectivity index (χ1v) is 4.66. The van der Waals surface area contributed by atoms with Gasteiger partial charge in [-0.25, -0.2) is 0 Å². The Kier molecular flexibility index (Phi) is 3.34. The van der Waals surface area contributed by atoms with Crippen LogP contribution in [0.5, 0.6) is 0 Å². The highest BCUT2D eigenvalue weighted by molar-refractivity contribution is 4.74. The van der Waals surface area contributed by atoms with Crippen LogP contribution in [0.15, 0.2) is 0 Å². The number of likely N-dealkylation sites (tertiary alicyclic amines) is 1. The van der Waals surface area contributed by atoms with Crippen LogP contribution in [0, 0.1) is 0 Å². The molecule has 1 aliphatic rings. The van der Waals surface area contributed by atoms with E-state index in [-0.39, 0.29) is 6.10 Å². The predicted molar refractivity (Wildman–Crippen MR) is 46.6 cm³/mol. The molecule has 0 spiro atoms. The van der Waals surface area contributed by atoms with Crippen molar-refractivity contribution in [1.82, 2.24) is 4.90 Å². The van der Waals surface area contributed by atoms with E-state index < -0.39 is 0 Å². The number of hydrogen-bond acceptors (Lipinski definition) is 2. The molecule has 2 heteroatoms. The maximum absolute atomic E-state index is 9.45. The van der Waals surface area contributed by atoms with Crippen LogP contribution in [0.2, 0.25) is 0 Å². The minimum absolute atomic E-state index is 0.0541. The van der Waals surface area contributed by atoms with Crippen molar-refractivity contribution < 1.29 is 5.11 Å². The summed E-state index contributed by atoms with van der Waals surface area (Å²) in [6, 6.07) is 0.567. The van der Waals surface area contributed by atoms with Gasteiger partial charge in [0.1, 0.15) is 0 Å². The van der Waals surface area contributed by atoms with Crippen molar-refractivity contribution in [2.24, 2.45) is 0 Å². The van der Waals surface area contributed by atoms with Crippen molar-refractivity contribution in [1.29, 1.82) is 0 Å². The fourth-order valence-corrected chi connectivity index (χ4v) is 1.88. The number of aliphatic hydroxyl groups is 1. The van der Waals surface area contributed by atoms with Gasteiger partial charge in [0.2, 0.25) is 0 Å². The van der Waals surface area contributed by atoms with E-state index in [4.69, 9.17) is 0 Å². The van der Waals surface area contributed by atoms with Crippen LogP contribution < -0.4 is 0 Å². The molecule has 0 aliphatic carbocycles. The molecule has 2 atom stereocenters. The lowest BCUT2D eigenvalue weighted by molar-refractivity contribution is 0.134. The van der Waals surface area contributed by atoms with Gasteiger partial charge in [-0.05, 0) is 39.3 Å². The van der Waals surface area contributed by atoms with Gasteiger partial charge >= 0.3 is 0 Å². The molecule has 1 N–H and O–H groups in total. The van der Waals surface area contributed by atoms with Gasteiger partial charge in [0, 0.05) is 6.04 Å². The van der Waals surface area contributed by atoms with Gasteiger partial charge in [-0.1, -0.05) is 6.92 Å². The Hall–Kier alpha value is -0.0800. The molecular weight excluding hydrogens is 138 g/mol. The Morgan fingerprint density at radius 3 is 2.91 bits per heavy atom. The maximum atomic E-state index is 9.45. The molecule has 0 aromatic heterocycles. The summed E-state index contributed by atoms with van der Waals surface area (Å²) in [7, 11) is 0. The van der Waals surface area contributed by atoms with E-state index in [1.807, 2.05) is 0 Å². The second-order valence-electron chi connectivity index (χ2n) is 3.51. The third-order valence-corrected chi connectivity index (χ3v) is 2.63. The highest BCUT2D eigenvalue weighted by atomic mass is 16.3. The molecule has 0 amide bonds. The van der Waals surface area contributed by atoms with Gasteiger partial charge in [-0.2, -0.15) is 0 Å². The van der Waals surface area contributed by atoms with Gasteiger partial charge in [-0.15, -0.1) is 0 Å². The molecular formula is C9H19NO. The molecule has 66 valence electrons. The Labute approximate surface area is 69.2 Å². The lowest BCUT2D eigenvalue weighted by Gasteiger charge is -2.25. The average molecular weight is 157 g/mol. The summed E-state index contributed by atoms with van der Waals surface area (Å²) in [5.41, 5.74) is 0. The van der Waals surface area contributed by atoms with Crippen LogP contribution >= 0.6 is 0 Å². The van der Waals surface area contributed by atoms with Crippen LogP contribution in [-0.2, 0) is 0 Å². The van der Waals surface area contributed by atoms with E-state index in [1.54, 1.807) is 0 Å². The summed E-state index contributed by atoms with van der Waals surface area (Å²) in [4.78, 5) is 2.44. The van der Waals surface area contributed by atoms with Gasteiger partial charge in [0.15, 0.2) is 0 Å². The van der Waals surface area contributed by atoms with Gasteiger partial charge in [-0.3, -0.25) is 0 Å². The first-order valence-electron chi connectivity index (χ1n) is 4.66. The van der Waals surface area contributed by atoms with Crippen molar-refractivity contribution in [3.05, 3.63) is 0 Å². The first kappa shape index (κ1) is 9.01. The molecule has 1 fully saturated rings. The van der Waals surface area contributed by atoms with Crippen molar-refractivity contribution >= 4 is 0 Å². The van der Waals surface area contributed by atoms with E-state index in [1.165, 1.54) is 0 Å². The van der Waals surface area contributed by atoms with Crippen molar-refractivity contribution in [2.75, 3.05) is 13.1 Å². The van der Waals surface area contributed by atoms with Crippen molar-refractivity contribution in [3.63, 3.8) is 0 Å². The van der Waals surface area contributed by atoms with E-state index in [0.29, 0.717) is 6.04 Å². The van der Waals surface area contributed by atoms with Gasteiger partial charge < -0.3 is 10.0 Å². The normalized spacial score (nSPS) is 35.2. The molecule has 1 saturated heterocycles. The summed E-state index contributed by atoms with van der Waals surface area (Å²) in [5, 5.41) is 9.45. The monoisotopic (exact) mass is 157 g/mol. The molecule has 1 aliphatic heterocycles. The largest absolute Gasteiger partial charge is 0.393 e. The Bertz CT molecular complexity index is 116. The molecule has 11 heavy (non-hydrogen) atoms. The van der Waals surface area contributed by atoms with E-state index in [9.17, 15) is 5.11 Å². The zero-order valence-electron chi connectivity index (χ0n) is 7.58. The highest BCUT2D eigenvalue weighted by Crippen LogP contribution is 2.16. The molecule has 1 heterocycles. The Morgan fingerprint density at radius 2 is 2.27 bits per heavy atom. The van der Waals surface area contributed by atoms with Crippen LogP contribution in [0.1, 0.15) is 33.1 Å². The van der Waals surface area contributed by atoms with Crippen LogP contribution in [0.25, 0.3) is 0 Å². The van der Waals surface area contributed by atoms with Crippen molar-refractivity contribution in [2.45, 2.75) is 45.3 Å². The zero-order chi connectivity index (χ0) is 8.27. The van der Waals surface area contributed by atoms with Crippen LogP contribution in [-0.4, -0.2) is 35.2 Å². The number of hydrogen-bond donors (Lipinski definition) is 1. The molecule has 0 radical (unpaired) electrons. The van der Waals surface area contributed by atoms with E-state index in [2.05, 4.69) is 18.7 Å². The van der Waals surface area contributed by atoms with Gasteiger partial charge in [0.05, 0.1) is 6.10 Å². The molecule has 0 aromatic carbocycles. The fraction of sp³-hybridized carbons (Fsp3) is 1.00.